The van der Waals surface area contributed by atoms with Gasteiger partial charge in [-0.3, -0.25) is 4.98 Å². The van der Waals surface area contributed by atoms with Crippen molar-refractivity contribution >= 4 is 11.6 Å². The van der Waals surface area contributed by atoms with Crippen LogP contribution in [0.3, 0.4) is 0 Å². The Morgan fingerprint density at radius 1 is 0.862 bits per heavy atom. The molecule has 3 heterocycles. The maximum Gasteiger partial charge on any atom is 0.142 e. The van der Waals surface area contributed by atoms with Gasteiger partial charge in [0.15, 0.2) is 0 Å². The van der Waals surface area contributed by atoms with Crippen LogP contribution in [0.2, 0.25) is 5.02 Å². The molecule has 6 aromatic rings. The topological polar surface area (TPSA) is 126 Å². The number of benzene rings is 4. The normalized spacial score (nSPS) is 14.0. The van der Waals surface area contributed by atoms with Crippen LogP contribution in [0.4, 0.5) is 0 Å². The van der Waals surface area contributed by atoms with E-state index in [0.29, 0.717) is 48.4 Å². The number of rotatable bonds is 17. The van der Waals surface area contributed by atoms with E-state index in [9.17, 15) is 10.4 Å². The van der Waals surface area contributed by atoms with E-state index in [1.54, 1.807) is 12.3 Å². The quantitative estimate of drug-likeness (QED) is 0.0864. The lowest BCUT2D eigenvalue weighted by Gasteiger charge is -2.19. The first-order valence-corrected chi connectivity index (χ1v) is 20.0. The van der Waals surface area contributed by atoms with Gasteiger partial charge in [0.1, 0.15) is 48.0 Å². The van der Waals surface area contributed by atoms with Gasteiger partial charge in [-0.25, -0.2) is 0 Å². The number of β-amino-alcohol motifs (C(OH)–C–C–N with tert-alkyl or cyclic N) is 1. The van der Waals surface area contributed by atoms with E-state index >= 15 is 0 Å². The molecule has 0 radical (unpaired) electrons. The molecule has 1 fully saturated rings. The Morgan fingerprint density at radius 3 is 2.45 bits per heavy atom. The van der Waals surface area contributed by atoms with Crippen LogP contribution in [0.5, 0.6) is 17.2 Å². The number of aliphatic hydroxyl groups is 1. The third-order valence-electron chi connectivity index (χ3n) is 10.6. The average Bonchev–Trinajstić information content (AvgIpc) is 3.83. The standard InChI is InChI=1S/C47H48ClN5O5/c1-31-37(12-7-13-40(31)41-14-8-15-44(32(41)2)55-19-9-17-53-18-16-39(54)28-53)30-57-46-22-45(56-29-35-20-34(23-49)24-50-25-35)38(21-43(46)48)26-51-27-42-33(3)58-52-47(42)36-10-5-4-6-11-36/h4-8,10-15,20-22,24-25,39,51,54H,9,16-19,26-30H2,1-3H3/t39-/m1/s1. The van der Waals surface area contributed by atoms with Crippen molar-refractivity contribution in [3.8, 4) is 45.7 Å². The summed E-state index contributed by atoms with van der Waals surface area (Å²) in [5.41, 5.74) is 10.3. The fourth-order valence-corrected chi connectivity index (χ4v) is 7.57. The van der Waals surface area contributed by atoms with Crippen LogP contribution in [0.15, 0.2) is 102 Å². The Morgan fingerprint density at radius 2 is 1.66 bits per heavy atom. The number of nitrogens with zero attached hydrogens (tertiary/aromatic N) is 4. The molecule has 0 unspecified atom stereocenters. The fraction of sp³-hybridized carbons (Fsp3) is 0.298. The molecule has 4 aromatic carbocycles. The van der Waals surface area contributed by atoms with Gasteiger partial charge in [0, 0.05) is 73.4 Å². The Hall–Kier alpha value is -5.70. The number of halogens is 1. The lowest BCUT2D eigenvalue weighted by Crippen LogP contribution is -2.24. The van der Waals surface area contributed by atoms with Crippen LogP contribution in [0, 0.1) is 32.1 Å². The average molecular weight is 798 g/mol. The second kappa shape index (κ2) is 19.2. The Kier molecular flexibility index (Phi) is 13.4. The highest BCUT2D eigenvalue weighted by Gasteiger charge is 2.20. The number of aliphatic hydroxyl groups excluding tert-OH is 1. The third kappa shape index (κ3) is 9.87. The van der Waals surface area contributed by atoms with Gasteiger partial charge in [0.05, 0.1) is 23.3 Å². The van der Waals surface area contributed by atoms with E-state index in [4.69, 9.17) is 30.3 Å². The minimum Gasteiger partial charge on any atom is -0.493 e. The Balaban J connectivity index is 1.06. The number of pyridine rings is 1. The number of ether oxygens (including phenoxy) is 3. The summed E-state index contributed by atoms with van der Waals surface area (Å²) in [6.07, 6.45) is 4.75. The summed E-state index contributed by atoms with van der Waals surface area (Å²) < 4.78 is 24.7. The molecule has 7 rings (SSSR count). The number of aryl methyl sites for hydroxylation is 1. The first-order chi connectivity index (χ1) is 28.3. The molecule has 11 heteroatoms. The van der Waals surface area contributed by atoms with Gasteiger partial charge in [-0.1, -0.05) is 77.4 Å². The largest absolute Gasteiger partial charge is 0.493 e. The second-order valence-corrected chi connectivity index (χ2v) is 15.1. The van der Waals surface area contributed by atoms with Crippen molar-refractivity contribution in [1.82, 2.24) is 20.4 Å². The molecule has 1 saturated heterocycles. The molecule has 1 aliphatic rings. The molecular formula is C47H48ClN5O5. The van der Waals surface area contributed by atoms with Gasteiger partial charge in [-0.2, -0.15) is 5.26 Å². The molecule has 0 amide bonds. The molecule has 0 saturated carbocycles. The summed E-state index contributed by atoms with van der Waals surface area (Å²) in [5, 5.41) is 27.5. The predicted octanol–water partition coefficient (Wildman–Crippen LogP) is 9.14. The van der Waals surface area contributed by atoms with Gasteiger partial charge in [-0.15, -0.1) is 0 Å². The van der Waals surface area contributed by atoms with Crippen molar-refractivity contribution in [2.45, 2.75) is 66.0 Å². The lowest BCUT2D eigenvalue weighted by molar-refractivity contribution is 0.173. The highest BCUT2D eigenvalue weighted by molar-refractivity contribution is 6.32. The Bertz CT molecular complexity index is 2380. The summed E-state index contributed by atoms with van der Waals surface area (Å²) in [5.74, 6) is 2.70. The molecule has 10 nitrogen and oxygen atoms in total. The van der Waals surface area contributed by atoms with Crippen LogP contribution < -0.4 is 19.5 Å². The van der Waals surface area contributed by atoms with Gasteiger partial charge in [0.25, 0.3) is 0 Å². The van der Waals surface area contributed by atoms with Gasteiger partial charge in [0.2, 0.25) is 0 Å². The molecule has 0 bridgehead atoms. The molecule has 1 atom stereocenters. The summed E-state index contributed by atoms with van der Waals surface area (Å²) in [6.45, 7) is 10.8. The van der Waals surface area contributed by atoms with E-state index in [1.165, 1.54) is 6.20 Å². The summed E-state index contributed by atoms with van der Waals surface area (Å²) >= 11 is 6.93. The summed E-state index contributed by atoms with van der Waals surface area (Å²) in [7, 11) is 0. The zero-order valence-electron chi connectivity index (χ0n) is 33.1. The van der Waals surface area contributed by atoms with Crippen LogP contribution in [0.25, 0.3) is 22.4 Å². The monoisotopic (exact) mass is 797 g/mol. The minimum atomic E-state index is -0.208. The van der Waals surface area contributed by atoms with Gasteiger partial charge in [-0.05, 0) is 79.6 Å². The lowest BCUT2D eigenvalue weighted by atomic mass is 9.93. The second-order valence-electron chi connectivity index (χ2n) is 14.7. The number of aromatic nitrogens is 2. The maximum absolute atomic E-state index is 9.83. The van der Waals surface area contributed by atoms with E-state index < -0.39 is 0 Å². The van der Waals surface area contributed by atoms with Crippen molar-refractivity contribution in [2.75, 3.05) is 26.2 Å². The van der Waals surface area contributed by atoms with Gasteiger partial charge < -0.3 is 34.1 Å². The van der Waals surface area contributed by atoms with Crippen LogP contribution in [-0.2, 0) is 26.3 Å². The zero-order valence-corrected chi connectivity index (χ0v) is 33.9. The number of hydrogen-bond acceptors (Lipinski definition) is 10. The minimum absolute atomic E-state index is 0.200. The van der Waals surface area contributed by atoms with E-state index in [0.717, 1.165) is 99.8 Å². The number of likely N-dealkylation sites (tertiary alicyclic amines) is 1. The summed E-state index contributed by atoms with van der Waals surface area (Å²) in [6, 6.07) is 30.0. The molecule has 58 heavy (non-hydrogen) atoms. The molecule has 0 aliphatic carbocycles. The van der Waals surface area contributed by atoms with E-state index in [2.05, 4.69) is 58.5 Å². The molecule has 2 N–H and O–H groups in total. The van der Waals surface area contributed by atoms with Crippen molar-refractivity contribution in [3.05, 3.63) is 147 Å². The molecule has 2 aromatic heterocycles. The highest BCUT2D eigenvalue weighted by atomic mass is 35.5. The smallest absolute Gasteiger partial charge is 0.142 e. The first kappa shape index (κ1) is 40.5. The number of hydrogen-bond donors (Lipinski definition) is 2. The van der Waals surface area contributed by atoms with Crippen molar-refractivity contribution in [2.24, 2.45) is 0 Å². The molecule has 1 aliphatic heterocycles. The zero-order chi connectivity index (χ0) is 40.4. The van der Waals surface area contributed by atoms with Crippen molar-refractivity contribution in [1.29, 1.82) is 5.26 Å². The first-order valence-electron chi connectivity index (χ1n) is 19.6. The van der Waals surface area contributed by atoms with E-state index in [1.807, 2.05) is 67.6 Å². The molecular weight excluding hydrogens is 750 g/mol. The highest BCUT2D eigenvalue weighted by Crippen LogP contribution is 2.37. The summed E-state index contributed by atoms with van der Waals surface area (Å²) in [4.78, 5) is 6.48. The molecule has 298 valence electrons. The van der Waals surface area contributed by atoms with E-state index in [-0.39, 0.29) is 12.7 Å². The predicted molar refractivity (Wildman–Crippen MR) is 225 cm³/mol. The third-order valence-corrected chi connectivity index (χ3v) is 10.9. The Labute approximate surface area is 345 Å². The van der Waals surface area contributed by atoms with Crippen LogP contribution in [0.1, 0.15) is 57.5 Å². The van der Waals surface area contributed by atoms with Gasteiger partial charge >= 0.3 is 0 Å². The fourth-order valence-electron chi connectivity index (χ4n) is 7.33. The van der Waals surface area contributed by atoms with Crippen LogP contribution >= 0.6 is 11.6 Å². The van der Waals surface area contributed by atoms with Crippen LogP contribution in [-0.4, -0.2) is 52.5 Å². The van der Waals surface area contributed by atoms with Crippen molar-refractivity contribution in [3.63, 3.8) is 0 Å². The number of nitrogens with one attached hydrogen (secondary N) is 1. The number of nitriles is 1. The van der Waals surface area contributed by atoms with Crippen molar-refractivity contribution < 1.29 is 23.8 Å². The SMILES string of the molecule is Cc1onc(-c2ccccc2)c1CNCc1cc(Cl)c(OCc2cccc(-c3cccc(OCCCN4CC[C@@H](O)C4)c3C)c2C)cc1OCc1cncc(C#N)c1. The molecule has 0 spiro atoms. The maximum atomic E-state index is 9.83.